The zero-order chi connectivity index (χ0) is 30.4. The van der Waals surface area contributed by atoms with Gasteiger partial charge in [-0.05, 0) is 51.8 Å². The molecule has 0 atom stereocenters. The van der Waals surface area contributed by atoms with Gasteiger partial charge in [0.15, 0.2) is 0 Å². The van der Waals surface area contributed by atoms with Gasteiger partial charge in [0.2, 0.25) is 5.91 Å². The summed E-state index contributed by atoms with van der Waals surface area (Å²) in [6.45, 7) is 0. The van der Waals surface area contributed by atoms with Crippen LogP contribution in [0.1, 0.15) is 31.8 Å². The Morgan fingerprint density at radius 3 is 1.90 bits per heavy atom. The van der Waals surface area contributed by atoms with Crippen molar-refractivity contribution >= 4 is 33.4 Å². The highest BCUT2D eigenvalue weighted by molar-refractivity contribution is 9.10. The molecule has 2 amide bonds. The number of amides is 2. The van der Waals surface area contributed by atoms with Crippen LogP contribution >= 0.6 is 15.9 Å². The van der Waals surface area contributed by atoms with Gasteiger partial charge < -0.3 is 11.1 Å². The Labute approximate surface area is 225 Å². The van der Waals surface area contributed by atoms with Crippen LogP contribution in [0.5, 0.6) is 0 Å². The van der Waals surface area contributed by atoms with Gasteiger partial charge in [0.05, 0.1) is 16.8 Å². The van der Waals surface area contributed by atoms with Crippen molar-refractivity contribution in [2.45, 2.75) is 24.2 Å². The molecule has 0 spiro atoms. The average molecular weight is 649 g/mol. The normalized spacial score (nSPS) is 12.8. The fourth-order valence-corrected chi connectivity index (χ4v) is 4.15. The minimum atomic E-state index is -6.71. The molecule has 3 N–H and O–H groups in total. The molecule has 40 heavy (non-hydrogen) atoms. The van der Waals surface area contributed by atoms with Crippen LogP contribution in [-0.4, -0.2) is 24.2 Å². The summed E-state index contributed by atoms with van der Waals surface area (Å²) in [5.41, 5.74) is -8.41. The first kappa shape index (κ1) is 30.8. The van der Waals surface area contributed by atoms with Gasteiger partial charge in [-0.25, -0.2) is 8.78 Å². The minimum Gasteiger partial charge on any atom is -0.366 e. The van der Waals surface area contributed by atoms with Crippen molar-refractivity contribution < 1.29 is 57.9 Å². The van der Waals surface area contributed by atoms with Gasteiger partial charge in [-0.15, -0.1) is 0 Å². The van der Waals surface area contributed by atoms with Gasteiger partial charge in [-0.2, -0.15) is 39.5 Å². The van der Waals surface area contributed by atoms with E-state index in [1.54, 1.807) is 5.32 Å². The van der Waals surface area contributed by atoms with Crippen molar-refractivity contribution in [3.8, 4) is 11.1 Å². The molecule has 0 saturated carbocycles. The van der Waals surface area contributed by atoms with Crippen LogP contribution in [0.15, 0.2) is 59.1 Å². The second-order valence-corrected chi connectivity index (χ2v) is 8.95. The van der Waals surface area contributed by atoms with E-state index in [0.29, 0.717) is 0 Å². The fourth-order valence-electron chi connectivity index (χ4n) is 3.60. The summed E-state index contributed by atoms with van der Waals surface area (Å²) in [6.07, 6.45) is -19.1. The number of alkyl halides is 10. The highest BCUT2D eigenvalue weighted by Crippen LogP contribution is 2.55. The minimum absolute atomic E-state index is 0.0311. The highest BCUT2D eigenvalue weighted by atomic mass is 79.9. The van der Waals surface area contributed by atoms with Crippen LogP contribution in [0, 0.1) is 5.82 Å². The van der Waals surface area contributed by atoms with Crippen LogP contribution in [0.4, 0.5) is 54.0 Å². The maximum atomic E-state index is 15.3. The van der Waals surface area contributed by atoms with Crippen molar-refractivity contribution in [1.29, 1.82) is 0 Å². The van der Waals surface area contributed by atoms with Gasteiger partial charge >= 0.3 is 24.2 Å². The summed E-state index contributed by atoms with van der Waals surface area (Å²) in [5.74, 6) is -3.78. The molecule has 0 bridgehead atoms. The quantitative estimate of drug-likeness (QED) is 0.276. The lowest BCUT2D eigenvalue weighted by Crippen LogP contribution is -2.50. The molecular formula is C24H12BrF11N2O2. The Bertz CT molecular complexity index is 1470. The molecule has 4 nitrogen and oxygen atoms in total. The fraction of sp³-hybridized carbons (Fsp3) is 0.167. The average Bonchev–Trinajstić information content (AvgIpc) is 2.82. The largest absolute Gasteiger partial charge is 0.435 e. The topological polar surface area (TPSA) is 72.2 Å². The number of halogens is 12. The smallest absolute Gasteiger partial charge is 0.366 e. The van der Waals surface area contributed by atoms with Crippen LogP contribution in [0.2, 0.25) is 0 Å². The predicted octanol–water partition coefficient (Wildman–Crippen LogP) is 7.91. The second kappa shape index (κ2) is 10.4. The van der Waals surface area contributed by atoms with E-state index in [1.165, 1.54) is 18.2 Å². The van der Waals surface area contributed by atoms with Crippen molar-refractivity contribution in [2.24, 2.45) is 5.73 Å². The Balaban J connectivity index is 2.14. The monoisotopic (exact) mass is 648 g/mol. The van der Waals surface area contributed by atoms with Crippen molar-refractivity contribution in [3.63, 3.8) is 0 Å². The molecule has 3 aromatic rings. The molecule has 0 heterocycles. The number of carbonyl (C=O) groups is 2. The number of carbonyl (C=O) groups excluding carboxylic acids is 2. The zero-order valence-electron chi connectivity index (χ0n) is 19.1. The van der Waals surface area contributed by atoms with Crippen molar-refractivity contribution in [2.75, 3.05) is 5.32 Å². The molecule has 0 radical (unpaired) electrons. The third kappa shape index (κ3) is 5.62. The van der Waals surface area contributed by atoms with Crippen LogP contribution < -0.4 is 11.1 Å². The summed E-state index contributed by atoms with van der Waals surface area (Å²) in [6, 6.07) is 7.19. The van der Waals surface area contributed by atoms with Gasteiger partial charge in [0.25, 0.3) is 5.91 Å². The number of nitrogens with two attached hydrogens (primary N) is 1. The Morgan fingerprint density at radius 1 is 0.800 bits per heavy atom. The van der Waals surface area contributed by atoms with E-state index in [9.17, 15) is 53.5 Å². The SMILES string of the molecule is NC(=O)c1cccc(-c2cccc(C(=O)Nc3c(Br)cc(C(F)(C(F)(F)F)C(F)(F)F)cc3C(F)(F)F)c2F)c1. The maximum absolute atomic E-state index is 15.3. The molecule has 3 rings (SSSR count). The first-order chi connectivity index (χ1) is 18.2. The van der Waals surface area contributed by atoms with Gasteiger partial charge in [0.1, 0.15) is 5.82 Å². The Hall–Kier alpha value is -3.69. The number of benzene rings is 3. The Morgan fingerprint density at radius 2 is 1.38 bits per heavy atom. The summed E-state index contributed by atoms with van der Waals surface area (Å²) >= 11 is 2.36. The van der Waals surface area contributed by atoms with E-state index in [-0.39, 0.29) is 22.8 Å². The standard InChI is InChI=1S/C24H12BrF11N2O2/c25-16-9-12(21(27,23(31,32)33)24(34,35)36)8-15(22(28,29)30)18(16)38-20(40)14-6-2-5-13(17(14)26)10-3-1-4-11(7-10)19(37)39/h1-9H,(H2,37,39)(H,38,40). The molecule has 0 fully saturated rings. The predicted molar refractivity (Wildman–Crippen MR) is 122 cm³/mol. The molecule has 16 heteroatoms. The Kier molecular flexibility index (Phi) is 8.00. The zero-order valence-corrected chi connectivity index (χ0v) is 20.7. The van der Waals surface area contributed by atoms with E-state index >= 15 is 4.39 Å². The summed E-state index contributed by atoms with van der Waals surface area (Å²) in [4.78, 5) is 24.2. The first-order valence-electron chi connectivity index (χ1n) is 10.4. The van der Waals surface area contributed by atoms with E-state index < -0.39 is 74.7 Å². The van der Waals surface area contributed by atoms with Crippen molar-refractivity contribution in [3.05, 3.63) is 87.1 Å². The van der Waals surface area contributed by atoms with Crippen molar-refractivity contribution in [1.82, 2.24) is 0 Å². The summed E-state index contributed by atoms with van der Waals surface area (Å²) < 4.78 is 149. The first-order valence-corrected chi connectivity index (χ1v) is 11.2. The van der Waals surface area contributed by atoms with E-state index in [4.69, 9.17) is 5.73 Å². The van der Waals surface area contributed by atoms with Gasteiger partial charge in [0, 0.05) is 21.2 Å². The summed E-state index contributed by atoms with van der Waals surface area (Å²) in [5, 5.41) is 1.60. The summed E-state index contributed by atoms with van der Waals surface area (Å²) in [7, 11) is 0. The number of hydrogen-bond acceptors (Lipinski definition) is 2. The third-order valence-electron chi connectivity index (χ3n) is 5.51. The molecule has 0 aliphatic heterocycles. The molecule has 3 aromatic carbocycles. The lowest BCUT2D eigenvalue weighted by molar-refractivity contribution is -0.348. The van der Waals surface area contributed by atoms with E-state index in [0.717, 1.165) is 24.3 Å². The maximum Gasteiger partial charge on any atom is 0.435 e. The van der Waals surface area contributed by atoms with Crippen LogP contribution in [0.3, 0.4) is 0 Å². The molecule has 0 aliphatic carbocycles. The molecule has 0 saturated heterocycles. The number of rotatable bonds is 5. The molecule has 0 aromatic heterocycles. The molecule has 0 aliphatic rings. The third-order valence-corrected chi connectivity index (χ3v) is 6.14. The molecular weight excluding hydrogens is 637 g/mol. The molecule has 214 valence electrons. The van der Waals surface area contributed by atoms with Crippen LogP contribution in [-0.2, 0) is 11.8 Å². The van der Waals surface area contributed by atoms with E-state index in [1.807, 2.05) is 0 Å². The number of primary amides is 1. The number of nitrogens with one attached hydrogen (secondary N) is 1. The molecule has 0 unspecified atom stereocenters. The number of anilines is 1. The van der Waals surface area contributed by atoms with E-state index in [2.05, 4.69) is 15.9 Å². The lowest BCUT2D eigenvalue weighted by atomic mass is 9.91. The number of hydrogen-bond donors (Lipinski definition) is 2. The lowest BCUT2D eigenvalue weighted by Gasteiger charge is -2.31. The second-order valence-electron chi connectivity index (χ2n) is 8.10. The van der Waals surface area contributed by atoms with Gasteiger partial charge in [-0.3, -0.25) is 9.59 Å². The van der Waals surface area contributed by atoms with Gasteiger partial charge in [-0.1, -0.05) is 24.3 Å². The highest BCUT2D eigenvalue weighted by Gasteiger charge is 2.73. The van der Waals surface area contributed by atoms with Crippen LogP contribution in [0.25, 0.3) is 11.1 Å².